The van der Waals surface area contributed by atoms with Crippen molar-refractivity contribution in [2.45, 2.75) is 63.5 Å². The maximum atomic E-state index is 12.9. The first kappa shape index (κ1) is 23.4. The zero-order valence-corrected chi connectivity index (χ0v) is 19.1. The standard InChI is InChI=1S/C20H23N3O2.C5H6N2O2/c21-10-12-25-18-8-4-7-15-16-13-23(11-9-17(16)22-19(15)18)20(24)14-5-2-1-3-6-14;6-3-5(1-2-5)7-4(8)9/h4,7-8,14,22H,1-3,5-6,9,11-13H2;7H,1-2H2,(H,8,9). The van der Waals surface area contributed by atoms with Crippen LogP contribution in [0.1, 0.15) is 56.2 Å². The molecule has 0 spiro atoms. The Kier molecular flexibility index (Phi) is 6.93. The molecule has 0 saturated heterocycles. The zero-order valence-electron chi connectivity index (χ0n) is 19.1. The topological polar surface area (TPSA) is 142 Å². The quantitative estimate of drug-likeness (QED) is 0.629. The number of hydrogen-bond acceptors (Lipinski definition) is 5. The molecule has 0 unspecified atom stereocenters. The summed E-state index contributed by atoms with van der Waals surface area (Å²) in [5.74, 6) is 1.25. The van der Waals surface area contributed by atoms with Crippen LogP contribution in [0.5, 0.6) is 5.75 Å². The molecular formula is C25H29N5O4. The van der Waals surface area contributed by atoms with Crippen molar-refractivity contribution in [3.8, 4) is 17.9 Å². The normalized spacial score (nSPS) is 18.5. The van der Waals surface area contributed by atoms with E-state index in [9.17, 15) is 9.59 Å². The van der Waals surface area contributed by atoms with Crippen molar-refractivity contribution in [2.24, 2.45) is 5.92 Å². The Bertz CT molecular complexity index is 1150. The van der Waals surface area contributed by atoms with Crippen LogP contribution in [0.4, 0.5) is 4.79 Å². The van der Waals surface area contributed by atoms with Crippen molar-refractivity contribution in [1.82, 2.24) is 15.2 Å². The molecule has 0 radical (unpaired) electrons. The zero-order chi connectivity index (χ0) is 24.1. The molecule has 178 valence electrons. The molecule has 5 rings (SSSR count). The van der Waals surface area contributed by atoms with Crippen molar-refractivity contribution in [3.63, 3.8) is 0 Å². The summed E-state index contributed by atoms with van der Waals surface area (Å²) in [7, 11) is 0. The van der Waals surface area contributed by atoms with E-state index in [1.54, 1.807) is 0 Å². The third kappa shape index (κ3) is 5.09. The van der Waals surface area contributed by atoms with E-state index in [1.807, 2.05) is 29.2 Å². The number of nitriles is 2. The molecule has 2 fully saturated rings. The number of ether oxygens (including phenoxy) is 1. The Hall–Kier alpha value is -3.72. The fourth-order valence-corrected chi connectivity index (χ4v) is 4.83. The number of carbonyl (C=O) groups excluding carboxylic acids is 1. The molecule has 1 aromatic carbocycles. The third-order valence-electron chi connectivity index (χ3n) is 6.84. The second-order valence-electron chi connectivity index (χ2n) is 9.18. The van der Waals surface area contributed by atoms with Gasteiger partial charge < -0.3 is 25.0 Å². The largest absolute Gasteiger partial charge is 0.477 e. The lowest BCUT2D eigenvalue weighted by atomic mass is 9.87. The van der Waals surface area contributed by atoms with Crippen molar-refractivity contribution in [1.29, 1.82) is 10.5 Å². The van der Waals surface area contributed by atoms with Crippen molar-refractivity contribution < 1.29 is 19.4 Å². The second kappa shape index (κ2) is 10.0. The monoisotopic (exact) mass is 463 g/mol. The van der Waals surface area contributed by atoms with Gasteiger partial charge >= 0.3 is 6.09 Å². The van der Waals surface area contributed by atoms with E-state index in [1.165, 1.54) is 30.5 Å². The van der Waals surface area contributed by atoms with E-state index in [2.05, 4.69) is 16.4 Å². The van der Waals surface area contributed by atoms with Crippen molar-refractivity contribution in [3.05, 3.63) is 29.5 Å². The van der Waals surface area contributed by atoms with Crippen LogP contribution >= 0.6 is 0 Å². The minimum absolute atomic E-state index is 0.0368. The average molecular weight is 464 g/mol. The van der Waals surface area contributed by atoms with Crippen molar-refractivity contribution in [2.75, 3.05) is 13.2 Å². The molecular weight excluding hydrogens is 434 g/mol. The molecule has 1 aliphatic heterocycles. The van der Waals surface area contributed by atoms with E-state index < -0.39 is 11.6 Å². The summed E-state index contributed by atoms with van der Waals surface area (Å²) in [6.07, 6.45) is 6.75. The lowest BCUT2D eigenvalue weighted by Gasteiger charge is -2.32. The molecule has 2 aliphatic carbocycles. The molecule has 2 aromatic rings. The number of aromatic amines is 1. The van der Waals surface area contributed by atoms with Gasteiger partial charge in [0.1, 0.15) is 17.4 Å². The van der Waals surface area contributed by atoms with Gasteiger partial charge in [0.05, 0.1) is 11.6 Å². The van der Waals surface area contributed by atoms with E-state index >= 15 is 0 Å². The summed E-state index contributed by atoms with van der Waals surface area (Å²) in [6, 6.07) is 9.80. The van der Waals surface area contributed by atoms with Crippen LogP contribution in [-0.4, -0.2) is 45.7 Å². The van der Waals surface area contributed by atoms with E-state index in [4.69, 9.17) is 20.4 Å². The molecule has 2 heterocycles. The van der Waals surface area contributed by atoms with E-state index in [0.717, 1.165) is 36.7 Å². The van der Waals surface area contributed by atoms with Crippen LogP contribution in [0.3, 0.4) is 0 Å². The molecule has 2 amide bonds. The van der Waals surface area contributed by atoms with Crippen LogP contribution in [0.2, 0.25) is 0 Å². The second-order valence-corrected chi connectivity index (χ2v) is 9.18. The molecule has 3 N–H and O–H groups in total. The fourth-order valence-electron chi connectivity index (χ4n) is 4.83. The number of para-hydroxylation sites is 1. The predicted molar refractivity (Wildman–Crippen MR) is 124 cm³/mol. The van der Waals surface area contributed by atoms with Gasteiger partial charge in [-0.1, -0.05) is 31.4 Å². The van der Waals surface area contributed by atoms with Gasteiger partial charge in [0, 0.05) is 42.1 Å². The van der Waals surface area contributed by atoms with E-state index in [-0.39, 0.29) is 12.5 Å². The number of nitrogens with one attached hydrogen (secondary N) is 2. The Balaban J connectivity index is 0.000000257. The summed E-state index contributed by atoms with van der Waals surface area (Å²) >= 11 is 0. The highest BCUT2D eigenvalue weighted by Crippen LogP contribution is 2.35. The van der Waals surface area contributed by atoms with Crippen LogP contribution < -0.4 is 10.1 Å². The Labute approximate surface area is 198 Å². The number of rotatable bonds is 4. The lowest BCUT2D eigenvalue weighted by Crippen LogP contribution is -2.40. The van der Waals surface area contributed by atoms with Gasteiger partial charge in [0.2, 0.25) is 5.91 Å². The molecule has 0 bridgehead atoms. The maximum Gasteiger partial charge on any atom is 0.405 e. The highest BCUT2D eigenvalue weighted by molar-refractivity contribution is 5.90. The number of nitrogens with zero attached hydrogens (tertiary/aromatic N) is 3. The fraction of sp³-hybridized carbons (Fsp3) is 0.520. The molecule has 2 saturated carbocycles. The smallest absolute Gasteiger partial charge is 0.405 e. The number of benzene rings is 1. The number of fused-ring (bicyclic) bond motifs is 3. The number of amides is 2. The molecule has 34 heavy (non-hydrogen) atoms. The first-order valence-electron chi connectivity index (χ1n) is 11.8. The number of aromatic nitrogens is 1. The average Bonchev–Trinajstić information content (AvgIpc) is 3.53. The van der Waals surface area contributed by atoms with Gasteiger partial charge in [0.25, 0.3) is 0 Å². The summed E-state index contributed by atoms with van der Waals surface area (Å²) in [5, 5.41) is 28.5. The highest BCUT2D eigenvalue weighted by atomic mass is 16.5. The van der Waals surface area contributed by atoms with Gasteiger partial charge in [0.15, 0.2) is 6.61 Å². The summed E-state index contributed by atoms with van der Waals surface area (Å²) in [5.41, 5.74) is 2.60. The Morgan fingerprint density at radius 2 is 2.00 bits per heavy atom. The molecule has 3 aliphatic rings. The van der Waals surface area contributed by atoms with Crippen LogP contribution in [0.25, 0.3) is 10.9 Å². The first-order valence-corrected chi connectivity index (χ1v) is 11.8. The van der Waals surface area contributed by atoms with Gasteiger partial charge in [-0.15, -0.1) is 0 Å². The van der Waals surface area contributed by atoms with Crippen LogP contribution in [0.15, 0.2) is 18.2 Å². The van der Waals surface area contributed by atoms with Crippen LogP contribution in [-0.2, 0) is 17.8 Å². The van der Waals surface area contributed by atoms with E-state index in [0.29, 0.717) is 31.0 Å². The molecule has 1 aromatic heterocycles. The SMILES string of the molecule is N#CC1(NC(=O)O)CC1.N#CCOc1cccc2c3c([nH]c12)CCN(C(=O)C1CCCCC1)C3. The maximum absolute atomic E-state index is 12.9. The lowest BCUT2D eigenvalue weighted by molar-refractivity contribution is -0.137. The highest BCUT2D eigenvalue weighted by Gasteiger charge is 2.44. The number of hydrogen-bond donors (Lipinski definition) is 3. The summed E-state index contributed by atoms with van der Waals surface area (Å²) in [4.78, 5) is 28.3. The first-order chi connectivity index (χ1) is 16.5. The summed E-state index contributed by atoms with van der Waals surface area (Å²) in [6.45, 7) is 1.49. The number of carbonyl (C=O) groups is 2. The minimum atomic E-state index is -1.12. The summed E-state index contributed by atoms with van der Waals surface area (Å²) < 4.78 is 5.54. The van der Waals surface area contributed by atoms with Crippen molar-refractivity contribution >= 4 is 22.9 Å². The van der Waals surface area contributed by atoms with Crippen LogP contribution in [0, 0.1) is 28.6 Å². The Morgan fingerprint density at radius 1 is 1.24 bits per heavy atom. The third-order valence-corrected chi connectivity index (χ3v) is 6.84. The minimum Gasteiger partial charge on any atom is -0.477 e. The van der Waals surface area contributed by atoms with Gasteiger partial charge in [-0.05, 0) is 31.7 Å². The molecule has 0 atom stereocenters. The molecule has 9 heteroatoms. The number of H-pyrrole nitrogens is 1. The van der Waals surface area contributed by atoms with Gasteiger partial charge in [-0.2, -0.15) is 10.5 Å². The van der Waals surface area contributed by atoms with Gasteiger partial charge in [-0.3, -0.25) is 4.79 Å². The van der Waals surface area contributed by atoms with Gasteiger partial charge in [-0.25, -0.2) is 4.79 Å². The molecule has 9 nitrogen and oxygen atoms in total. The predicted octanol–water partition coefficient (Wildman–Crippen LogP) is 3.85. The Morgan fingerprint density at radius 3 is 2.62 bits per heavy atom. The number of carboxylic acid groups (broad SMARTS) is 1.